The highest BCUT2D eigenvalue weighted by atomic mass is 16.6. The van der Waals surface area contributed by atoms with Crippen LogP contribution in [0.1, 0.15) is 49.4 Å². The second-order valence-corrected chi connectivity index (χ2v) is 9.15. The molecule has 39 heavy (non-hydrogen) atoms. The maximum Gasteiger partial charge on any atom is 0.287 e. The maximum atomic E-state index is 13.5. The fourth-order valence-electron chi connectivity index (χ4n) is 4.72. The Hall–Kier alpha value is -4.80. The molecule has 1 fully saturated rings. The van der Waals surface area contributed by atoms with Crippen LogP contribution >= 0.6 is 0 Å². The summed E-state index contributed by atoms with van der Waals surface area (Å²) < 4.78 is 18.3. The number of fused-ring (bicyclic) bond motifs is 1. The minimum atomic E-state index is -0.540. The van der Waals surface area contributed by atoms with Gasteiger partial charge in [-0.3, -0.25) is 14.9 Å². The predicted octanol–water partition coefficient (Wildman–Crippen LogP) is 5.44. The zero-order valence-corrected chi connectivity index (χ0v) is 21.6. The van der Waals surface area contributed by atoms with Gasteiger partial charge in [-0.15, -0.1) is 0 Å². The summed E-state index contributed by atoms with van der Waals surface area (Å²) in [6, 6.07) is 13.4. The number of aromatic nitrogens is 3. The van der Waals surface area contributed by atoms with E-state index in [9.17, 15) is 14.9 Å². The van der Waals surface area contributed by atoms with Crippen molar-refractivity contribution in [1.82, 2.24) is 14.6 Å². The molecule has 0 saturated heterocycles. The normalized spacial score (nSPS) is 14.0. The number of pyridine rings is 1. The Balaban J connectivity index is 1.52. The first-order valence-electron chi connectivity index (χ1n) is 12.6. The average molecular weight is 530 g/mol. The largest absolute Gasteiger partial charge is 0.493 e. The van der Waals surface area contributed by atoms with Gasteiger partial charge in [0.05, 0.1) is 36.3 Å². The Morgan fingerprint density at radius 1 is 1.05 bits per heavy atom. The lowest BCUT2D eigenvalue weighted by Gasteiger charge is -2.22. The highest BCUT2D eigenvalue weighted by Crippen LogP contribution is 2.41. The molecule has 11 heteroatoms. The van der Waals surface area contributed by atoms with Crippen molar-refractivity contribution in [3.63, 3.8) is 0 Å². The van der Waals surface area contributed by atoms with E-state index in [0.29, 0.717) is 33.8 Å². The van der Waals surface area contributed by atoms with Crippen LogP contribution < -0.4 is 19.8 Å². The molecule has 0 aliphatic heterocycles. The first-order chi connectivity index (χ1) is 19.0. The number of hydrogen-bond donors (Lipinski definition) is 0. The molecule has 0 spiro atoms. The molecular formula is C28H27N5O6. The van der Waals surface area contributed by atoms with Crippen LogP contribution in [0, 0.1) is 10.1 Å². The summed E-state index contributed by atoms with van der Waals surface area (Å²) in [4.78, 5) is 32.7. The van der Waals surface area contributed by atoms with E-state index in [2.05, 4.69) is 10.1 Å². The minimum Gasteiger partial charge on any atom is -0.493 e. The molecular weight excluding hydrogens is 502 g/mol. The van der Waals surface area contributed by atoms with E-state index in [-0.39, 0.29) is 28.8 Å². The molecule has 2 aromatic heterocycles. The Bertz CT molecular complexity index is 1570. The van der Waals surface area contributed by atoms with Crippen molar-refractivity contribution >= 4 is 22.8 Å². The van der Waals surface area contributed by atoms with Crippen LogP contribution in [-0.2, 0) is 0 Å². The molecule has 1 aliphatic carbocycles. The summed E-state index contributed by atoms with van der Waals surface area (Å²) in [7, 11) is 2.95. The number of benzene rings is 2. The van der Waals surface area contributed by atoms with E-state index in [1.807, 2.05) is 18.2 Å². The van der Waals surface area contributed by atoms with Gasteiger partial charge < -0.3 is 14.2 Å². The molecule has 0 N–H and O–H groups in total. The summed E-state index contributed by atoms with van der Waals surface area (Å²) in [5, 5.41) is 16.0. The van der Waals surface area contributed by atoms with Gasteiger partial charge in [-0.05, 0) is 37.1 Å². The number of rotatable bonds is 8. The van der Waals surface area contributed by atoms with Gasteiger partial charge in [0.15, 0.2) is 11.5 Å². The van der Waals surface area contributed by atoms with Crippen LogP contribution in [0.25, 0.3) is 10.9 Å². The number of para-hydroxylation sites is 1. The maximum absolute atomic E-state index is 13.5. The van der Waals surface area contributed by atoms with Crippen LogP contribution in [0.3, 0.4) is 0 Å². The highest BCUT2D eigenvalue weighted by Gasteiger charge is 2.23. The monoisotopic (exact) mass is 529 g/mol. The Labute approximate surface area is 223 Å². The first-order valence-corrected chi connectivity index (χ1v) is 12.6. The molecule has 0 radical (unpaired) electrons. The van der Waals surface area contributed by atoms with Crippen molar-refractivity contribution in [1.29, 1.82) is 0 Å². The molecule has 1 saturated carbocycles. The quantitative estimate of drug-likeness (QED) is 0.168. The molecule has 2 aromatic carbocycles. The van der Waals surface area contributed by atoms with Gasteiger partial charge in [0.25, 0.3) is 11.2 Å². The SMILES string of the molecule is COc1cc(C=Nn2c(C3CCCCC3)nc3ccccc3c2=O)cc(OC)c1Oc1ccc([N+](=O)[O-])cn1. The molecule has 1 aliphatic rings. The van der Waals surface area contributed by atoms with Gasteiger partial charge in [0.1, 0.15) is 12.0 Å². The molecule has 2 heterocycles. The van der Waals surface area contributed by atoms with Crippen LogP contribution in [0.5, 0.6) is 23.1 Å². The van der Waals surface area contributed by atoms with E-state index in [1.54, 1.807) is 24.4 Å². The van der Waals surface area contributed by atoms with Crippen LogP contribution in [0.2, 0.25) is 0 Å². The van der Waals surface area contributed by atoms with Gasteiger partial charge >= 0.3 is 0 Å². The molecule has 0 bridgehead atoms. The van der Waals surface area contributed by atoms with Crippen LogP contribution in [0.4, 0.5) is 5.69 Å². The van der Waals surface area contributed by atoms with E-state index >= 15 is 0 Å². The minimum absolute atomic E-state index is 0.129. The van der Waals surface area contributed by atoms with Gasteiger partial charge in [-0.1, -0.05) is 31.4 Å². The smallest absolute Gasteiger partial charge is 0.287 e. The van der Waals surface area contributed by atoms with E-state index < -0.39 is 4.92 Å². The molecule has 11 nitrogen and oxygen atoms in total. The van der Waals surface area contributed by atoms with E-state index in [1.165, 1.54) is 37.4 Å². The molecule has 5 rings (SSSR count). The second kappa shape index (κ2) is 11.3. The van der Waals surface area contributed by atoms with Crippen molar-refractivity contribution in [2.75, 3.05) is 14.2 Å². The third-order valence-corrected chi connectivity index (χ3v) is 6.69. The third kappa shape index (κ3) is 5.42. The fourth-order valence-corrected chi connectivity index (χ4v) is 4.72. The topological polar surface area (TPSA) is 131 Å². The van der Waals surface area contributed by atoms with Crippen molar-refractivity contribution in [2.24, 2.45) is 5.10 Å². The molecule has 0 amide bonds. The lowest BCUT2D eigenvalue weighted by atomic mass is 9.88. The Kier molecular flexibility index (Phi) is 7.48. The van der Waals surface area contributed by atoms with Gasteiger partial charge in [-0.2, -0.15) is 9.78 Å². The van der Waals surface area contributed by atoms with E-state index in [4.69, 9.17) is 19.2 Å². The zero-order valence-electron chi connectivity index (χ0n) is 21.6. The van der Waals surface area contributed by atoms with Crippen LogP contribution in [0.15, 0.2) is 64.6 Å². The standard InChI is InChI=1S/C28H27N5O6/c1-37-23-14-18(15-24(38-2)26(23)39-25-13-12-20(17-29-25)33(35)36)16-30-32-27(19-8-4-3-5-9-19)31-22-11-7-6-10-21(22)28(32)34/h6-7,10-17,19H,3-5,8-9H2,1-2H3. The van der Waals surface area contributed by atoms with Crippen LogP contribution in [-0.4, -0.2) is 40.0 Å². The average Bonchev–Trinajstić information content (AvgIpc) is 2.97. The number of nitro groups is 1. The number of ether oxygens (including phenoxy) is 3. The predicted molar refractivity (Wildman–Crippen MR) is 145 cm³/mol. The van der Waals surface area contributed by atoms with Crippen molar-refractivity contribution < 1.29 is 19.1 Å². The van der Waals surface area contributed by atoms with Gasteiger partial charge in [0.2, 0.25) is 11.6 Å². The zero-order chi connectivity index (χ0) is 27.4. The van der Waals surface area contributed by atoms with Crippen molar-refractivity contribution in [3.05, 3.63) is 86.6 Å². The number of hydrogen-bond acceptors (Lipinski definition) is 9. The number of methoxy groups -OCH3 is 2. The molecule has 200 valence electrons. The lowest BCUT2D eigenvalue weighted by Crippen LogP contribution is -2.25. The Morgan fingerprint density at radius 3 is 2.41 bits per heavy atom. The van der Waals surface area contributed by atoms with Crippen molar-refractivity contribution in [3.8, 4) is 23.1 Å². The number of nitrogens with zero attached hydrogens (tertiary/aromatic N) is 5. The summed E-state index contributed by atoms with van der Waals surface area (Å²) >= 11 is 0. The summed E-state index contributed by atoms with van der Waals surface area (Å²) in [6.07, 6.45) is 7.96. The molecule has 0 atom stereocenters. The lowest BCUT2D eigenvalue weighted by molar-refractivity contribution is -0.385. The third-order valence-electron chi connectivity index (χ3n) is 6.69. The second-order valence-electron chi connectivity index (χ2n) is 9.15. The molecule has 4 aromatic rings. The van der Waals surface area contributed by atoms with Gasteiger partial charge in [0, 0.05) is 23.6 Å². The summed E-state index contributed by atoms with van der Waals surface area (Å²) in [5.74, 6) is 1.84. The van der Waals surface area contributed by atoms with Gasteiger partial charge in [-0.25, -0.2) is 9.97 Å². The summed E-state index contributed by atoms with van der Waals surface area (Å²) in [6.45, 7) is 0. The molecule has 0 unspecified atom stereocenters. The highest BCUT2D eigenvalue weighted by molar-refractivity contribution is 5.83. The van der Waals surface area contributed by atoms with E-state index in [0.717, 1.165) is 31.9 Å². The first kappa shape index (κ1) is 25.8. The van der Waals surface area contributed by atoms with Crippen molar-refractivity contribution in [2.45, 2.75) is 38.0 Å². The Morgan fingerprint density at radius 2 is 1.77 bits per heavy atom. The summed E-state index contributed by atoms with van der Waals surface area (Å²) in [5.41, 5.74) is 0.890. The fraction of sp³-hybridized carbons (Fsp3) is 0.286.